The van der Waals surface area contributed by atoms with Gasteiger partial charge < -0.3 is 19.9 Å². The van der Waals surface area contributed by atoms with Crippen LogP contribution in [0.5, 0.6) is 17.2 Å². The zero-order valence-corrected chi connectivity index (χ0v) is 19.9. The summed E-state index contributed by atoms with van der Waals surface area (Å²) in [5.74, 6) is 1.53. The monoisotopic (exact) mass is 519 g/mol. The second kappa shape index (κ2) is 11.4. The summed E-state index contributed by atoms with van der Waals surface area (Å²) in [6, 6.07) is 11.4. The Labute approximate surface area is 197 Å². The van der Waals surface area contributed by atoms with E-state index >= 15 is 0 Å². The standard InChI is InChI=1S/C21H22BrN5O4S/c1-13-3-5-15(6-4-13)30-7-8-31-20-16(22)9-14(10-17(20)29-2)12-24-25-18(28)11-19-26-27-21(23)32-19/h3-6,9-10,12H,7-8,11H2,1-2H3,(H2,23,27)(H,25,28)/b24-12-. The number of carbonyl (C=O) groups excluding carboxylic acids is 1. The quantitative estimate of drug-likeness (QED) is 0.239. The fraction of sp³-hybridized carbons (Fsp3) is 0.238. The van der Waals surface area contributed by atoms with Crippen LogP contribution in [0.25, 0.3) is 0 Å². The zero-order chi connectivity index (χ0) is 22.9. The third kappa shape index (κ3) is 6.92. The van der Waals surface area contributed by atoms with Crippen molar-refractivity contribution in [1.29, 1.82) is 0 Å². The zero-order valence-electron chi connectivity index (χ0n) is 17.5. The molecule has 0 saturated carbocycles. The summed E-state index contributed by atoms with van der Waals surface area (Å²) in [6.07, 6.45) is 1.56. The maximum Gasteiger partial charge on any atom is 0.247 e. The van der Waals surface area contributed by atoms with E-state index < -0.39 is 0 Å². The smallest absolute Gasteiger partial charge is 0.247 e. The van der Waals surface area contributed by atoms with Crippen molar-refractivity contribution in [1.82, 2.24) is 15.6 Å². The van der Waals surface area contributed by atoms with E-state index in [2.05, 4.69) is 36.7 Å². The largest absolute Gasteiger partial charge is 0.493 e. The molecule has 0 saturated heterocycles. The second-order valence-corrected chi connectivity index (χ2v) is 8.50. The summed E-state index contributed by atoms with van der Waals surface area (Å²) in [5, 5.41) is 12.3. The van der Waals surface area contributed by atoms with Crippen LogP contribution in [-0.4, -0.2) is 42.6 Å². The molecular formula is C21H22BrN5O4S. The van der Waals surface area contributed by atoms with Gasteiger partial charge in [0, 0.05) is 0 Å². The number of aromatic nitrogens is 2. The van der Waals surface area contributed by atoms with E-state index in [1.165, 1.54) is 11.8 Å². The molecule has 0 fully saturated rings. The van der Waals surface area contributed by atoms with Gasteiger partial charge >= 0.3 is 0 Å². The summed E-state index contributed by atoms with van der Waals surface area (Å²) in [7, 11) is 1.55. The van der Waals surface area contributed by atoms with Crippen molar-refractivity contribution in [3.05, 3.63) is 57.0 Å². The fourth-order valence-electron chi connectivity index (χ4n) is 2.59. The van der Waals surface area contributed by atoms with Crippen LogP contribution in [0.1, 0.15) is 16.1 Å². The van der Waals surface area contributed by atoms with E-state index in [-0.39, 0.29) is 12.3 Å². The topological polar surface area (TPSA) is 121 Å². The Kier molecular flexibility index (Phi) is 8.40. The molecule has 32 heavy (non-hydrogen) atoms. The molecule has 11 heteroatoms. The van der Waals surface area contributed by atoms with Gasteiger partial charge in [-0.05, 0) is 52.7 Å². The van der Waals surface area contributed by atoms with Crippen molar-refractivity contribution < 1.29 is 19.0 Å². The van der Waals surface area contributed by atoms with Gasteiger partial charge in [-0.25, -0.2) is 5.43 Å². The lowest BCUT2D eigenvalue weighted by atomic mass is 10.2. The molecular weight excluding hydrogens is 498 g/mol. The number of hydrogen-bond acceptors (Lipinski definition) is 9. The number of carbonyl (C=O) groups is 1. The Morgan fingerprint density at radius 3 is 2.66 bits per heavy atom. The third-order valence-corrected chi connectivity index (χ3v) is 5.41. The van der Waals surface area contributed by atoms with E-state index in [1.807, 2.05) is 31.2 Å². The average Bonchev–Trinajstić information content (AvgIpc) is 3.17. The van der Waals surface area contributed by atoms with Crippen molar-refractivity contribution in [3.63, 3.8) is 0 Å². The minimum Gasteiger partial charge on any atom is -0.493 e. The van der Waals surface area contributed by atoms with E-state index in [1.54, 1.807) is 19.2 Å². The average molecular weight is 520 g/mol. The highest BCUT2D eigenvalue weighted by molar-refractivity contribution is 9.10. The van der Waals surface area contributed by atoms with Gasteiger partial charge in [0.15, 0.2) is 11.5 Å². The minimum atomic E-state index is -0.322. The molecule has 9 nitrogen and oxygen atoms in total. The van der Waals surface area contributed by atoms with Gasteiger partial charge in [0.25, 0.3) is 0 Å². The highest BCUT2D eigenvalue weighted by Gasteiger charge is 2.12. The molecule has 168 valence electrons. The molecule has 0 spiro atoms. The molecule has 2 aromatic carbocycles. The number of amides is 1. The molecule has 1 amide bonds. The second-order valence-electron chi connectivity index (χ2n) is 6.55. The molecule has 3 rings (SSSR count). The van der Waals surface area contributed by atoms with Crippen molar-refractivity contribution in [3.8, 4) is 17.2 Å². The fourth-order valence-corrected chi connectivity index (χ4v) is 3.77. The predicted octanol–water partition coefficient (Wildman–Crippen LogP) is 3.35. The van der Waals surface area contributed by atoms with Crippen LogP contribution in [0.15, 0.2) is 46.0 Å². The first-order chi connectivity index (χ1) is 15.4. The maximum absolute atomic E-state index is 11.9. The van der Waals surface area contributed by atoms with Crippen molar-refractivity contribution in [2.24, 2.45) is 5.10 Å². The van der Waals surface area contributed by atoms with Gasteiger partial charge in [-0.2, -0.15) is 5.10 Å². The number of methoxy groups -OCH3 is 1. The molecule has 3 aromatic rings. The molecule has 1 heterocycles. The molecule has 0 aliphatic rings. The lowest BCUT2D eigenvalue weighted by Crippen LogP contribution is -2.19. The van der Waals surface area contributed by atoms with E-state index in [4.69, 9.17) is 19.9 Å². The first kappa shape index (κ1) is 23.5. The number of ether oxygens (including phenoxy) is 3. The molecule has 0 aliphatic carbocycles. The Bertz CT molecular complexity index is 1090. The molecule has 0 atom stereocenters. The molecule has 3 N–H and O–H groups in total. The first-order valence-electron chi connectivity index (χ1n) is 9.54. The molecule has 0 aliphatic heterocycles. The van der Waals surface area contributed by atoms with Gasteiger partial charge in [0.05, 0.1) is 24.2 Å². The number of benzene rings is 2. The van der Waals surface area contributed by atoms with Gasteiger partial charge in [0.1, 0.15) is 24.0 Å². The van der Waals surface area contributed by atoms with Crippen molar-refractivity contribution in [2.75, 3.05) is 26.1 Å². The molecule has 1 aromatic heterocycles. The highest BCUT2D eigenvalue weighted by Crippen LogP contribution is 2.36. The number of nitrogen functional groups attached to an aromatic ring is 1. The van der Waals surface area contributed by atoms with Gasteiger partial charge in [-0.1, -0.05) is 29.0 Å². The summed E-state index contributed by atoms with van der Waals surface area (Å²) in [4.78, 5) is 11.9. The summed E-state index contributed by atoms with van der Waals surface area (Å²) >= 11 is 4.65. The van der Waals surface area contributed by atoms with Crippen LogP contribution >= 0.6 is 27.3 Å². The predicted molar refractivity (Wildman–Crippen MR) is 127 cm³/mol. The molecule has 0 radical (unpaired) electrons. The number of hydrazone groups is 1. The van der Waals surface area contributed by atoms with Gasteiger partial charge in [-0.15, -0.1) is 10.2 Å². The van der Waals surface area contributed by atoms with Crippen LogP contribution in [0.2, 0.25) is 0 Å². The molecule has 0 unspecified atom stereocenters. The summed E-state index contributed by atoms with van der Waals surface area (Å²) in [6.45, 7) is 2.74. The van der Waals surface area contributed by atoms with Crippen molar-refractivity contribution in [2.45, 2.75) is 13.3 Å². The number of rotatable bonds is 10. The Morgan fingerprint density at radius 2 is 1.97 bits per heavy atom. The van der Waals surface area contributed by atoms with Crippen LogP contribution < -0.4 is 25.4 Å². The normalized spacial score (nSPS) is 10.8. The Balaban J connectivity index is 1.53. The Hall–Kier alpha value is -3.18. The van der Waals surface area contributed by atoms with Gasteiger partial charge in [0.2, 0.25) is 11.0 Å². The maximum atomic E-state index is 11.9. The van der Waals surface area contributed by atoms with Crippen LogP contribution in [0.4, 0.5) is 5.13 Å². The number of nitrogens with two attached hydrogens (primary N) is 1. The lowest BCUT2D eigenvalue weighted by molar-refractivity contribution is -0.120. The number of halogens is 1. The Morgan fingerprint density at radius 1 is 1.22 bits per heavy atom. The lowest BCUT2D eigenvalue weighted by Gasteiger charge is -2.14. The highest BCUT2D eigenvalue weighted by atomic mass is 79.9. The van der Waals surface area contributed by atoms with E-state index in [0.717, 1.165) is 17.1 Å². The first-order valence-corrected chi connectivity index (χ1v) is 11.1. The molecule has 0 bridgehead atoms. The van der Waals surface area contributed by atoms with Crippen LogP contribution in [0, 0.1) is 6.92 Å². The number of nitrogens with one attached hydrogen (secondary N) is 1. The van der Waals surface area contributed by atoms with E-state index in [9.17, 15) is 4.79 Å². The van der Waals surface area contributed by atoms with Crippen LogP contribution in [0.3, 0.4) is 0 Å². The number of hydrogen-bond donors (Lipinski definition) is 2. The van der Waals surface area contributed by atoms with E-state index in [0.29, 0.717) is 44.9 Å². The van der Waals surface area contributed by atoms with Crippen molar-refractivity contribution >= 4 is 44.5 Å². The third-order valence-electron chi connectivity index (χ3n) is 4.07. The summed E-state index contributed by atoms with van der Waals surface area (Å²) in [5.41, 5.74) is 9.83. The summed E-state index contributed by atoms with van der Waals surface area (Å²) < 4.78 is 17.6. The number of aryl methyl sites for hydroxylation is 1. The van der Waals surface area contributed by atoms with Crippen LogP contribution in [-0.2, 0) is 11.2 Å². The van der Waals surface area contributed by atoms with Gasteiger partial charge in [-0.3, -0.25) is 4.79 Å². The minimum absolute atomic E-state index is 0.0522. The SMILES string of the molecule is COc1cc(/C=N\NC(=O)Cc2nnc(N)s2)cc(Br)c1OCCOc1ccc(C)cc1. The number of anilines is 1. The number of nitrogens with zero attached hydrogens (tertiary/aromatic N) is 3.